The van der Waals surface area contributed by atoms with Crippen LogP contribution in [0.5, 0.6) is 0 Å². The average molecular weight is 265 g/mol. The van der Waals surface area contributed by atoms with Gasteiger partial charge in [0.2, 0.25) is 5.91 Å². The molecular weight excluding hydrogens is 244 g/mol. The molecule has 1 atom stereocenters. The zero-order chi connectivity index (χ0) is 13.6. The summed E-state index contributed by atoms with van der Waals surface area (Å²) < 4.78 is 5.10. The van der Waals surface area contributed by atoms with Gasteiger partial charge in [0.05, 0.1) is 0 Å². The fraction of sp³-hybridized carbons (Fsp3) is 0.818. The number of hydrogen-bond donors (Lipinski definition) is 1. The zero-order valence-corrected chi connectivity index (χ0v) is 11.8. The first kappa shape index (κ1) is 16.0. The second-order valence-corrected chi connectivity index (χ2v) is 5.22. The van der Waals surface area contributed by atoms with E-state index in [-0.39, 0.29) is 17.8 Å². The van der Waals surface area contributed by atoms with Gasteiger partial charge in [0.25, 0.3) is 0 Å². The van der Waals surface area contributed by atoms with Crippen LogP contribution in [0.4, 0.5) is 4.79 Å². The first-order chi connectivity index (χ1) is 7.65. The molecule has 6 heteroatoms. The molecule has 1 N–H and O–H groups in total. The van der Waals surface area contributed by atoms with Crippen LogP contribution < -0.4 is 5.32 Å². The fourth-order valence-corrected chi connectivity index (χ4v) is 1.37. The number of ether oxygens (including phenoxy) is 1. The molecule has 0 unspecified atom stereocenters. The van der Waals surface area contributed by atoms with E-state index in [1.54, 1.807) is 34.7 Å². The number of hydrogen-bond acceptors (Lipinski definition) is 3. The quantitative estimate of drug-likeness (QED) is 0.785. The zero-order valence-electron chi connectivity index (χ0n) is 11.0. The van der Waals surface area contributed by atoms with E-state index in [4.69, 9.17) is 16.3 Å². The smallest absolute Gasteiger partial charge is 0.407 e. The van der Waals surface area contributed by atoms with Crippen molar-refractivity contribution < 1.29 is 14.3 Å². The Balaban J connectivity index is 4.06. The molecule has 0 aromatic heterocycles. The molecule has 17 heavy (non-hydrogen) atoms. The fourth-order valence-electron chi connectivity index (χ4n) is 1.17. The maximum atomic E-state index is 11.4. The van der Waals surface area contributed by atoms with E-state index in [1.165, 1.54) is 4.90 Å². The number of nitrogens with one attached hydrogen (secondary N) is 1. The van der Waals surface area contributed by atoms with Crippen LogP contribution in [0.15, 0.2) is 0 Å². The van der Waals surface area contributed by atoms with Crippen molar-refractivity contribution >= 4 is 23.6 Å². The normalized spacial score (nSPS) is 12.8. The van der Waals surface area contributed by atoms with Crippen LogP contribution >= 0.6 is 11.6 Å². The van der Waals surface area contributed by atoms with Gasteiger partial charge in [-0.1, -0.05) is 0 Å². The maximum Gasteiger partial charge on any atom is 0.407 e. The predicted octanol–water partition coefficient (Wildman–Crippen LogP) is 1.60. The molecule has 0 rings (SSSR count). The second-order valence-electron chi connectivity index (χ2n) is 4.96. The number of likely N-dealkylation sites (N-methyl/N-ethyl adjacent to an activating group) is 1. The van der Waals surface area contributed by atoms with Crippen LogP contribution in [0.1, 0.15) is 27.7 Å². The van der Waals surface area contributed by atoms with Crippen LogP contribution in [0.2, 0.25) is 0 Å². The summed E-state index contributed by atoms with van der Waals surface area (Å²) in [5, 5.41) is 2.65. The van der Waals surface area contributed by atoms with E-state index in [1.807, 2.05) is 0 Å². The van der Waals surface area contributed by atoms with Crippen molar-refractivity contribution in [1.29, 1.82) is 0 Å². The largest absolute Gasteiger partial charge is 0.444 e. The molecule has 0 aliphatic carbocycles. The van der Waals surface area contributed by atoms with E-state index in [0.717, 1.165) is 0 Å². The molecule has 0 aliphatic heterocycles. The molecule has 100 valence electrons. The molecule has 0 spiro atoms. The molecule has 0 aromatic rings. The van der Waals surface area contributed by atoms with Gasteiger partial charge in [0.15, 0.2) is 0 Å². The van der Waals surface area contributed by atoms with Crippen LogP contribution in [0, 0.1) is 0 Å². The Bertz CT molecular complexity index is 276. The van der Waals surface area contributed by atoms with Gasteiger partial charge in [-0.2, -0.15) is 0 Å². The van der Waals surface area contributed by atoms with Gasteiger partial charge < -0.3 is 15.0 Å². The predicted molar refractivity (Wildman–Crippen MR) is 67.2 cm³/mol. The van der Waals surface area contributed by atoms with E-state index in [2.05, 4.69) is 5.32 Å². The lowest BCUT2D eigenvalue weighted by Gasteiger charge is -2.24. The summed E-state index contributed by atoms with van der Waals surface area (Å²) in [6.45, 7) is 7.56. The van der Waals surface area contributed by atoms with E-state index >= 15 is 0 Å². The molecule has 0 saturated carbocycles. The summed E-state index contributed by atoms with van der Waals surface area (Å²) in [4.78, 5) is 24.1. The molecule has 0 radical (unpaired) electrons. The van der Waals surface area contributed by atoms with Gasteiger partial charge in [0.1, 0.15) is 11.5 Å². The number of carbonyl (C=O) groups excluding carboxylic acids is 2. The first-order valence-electron chi connectivity index (χ1n) is 5.45. The Morgan fingerprint density at radius 1 is 1.41 bits per heavy atom. The van der Waals surface area contributed by atoms with Gasteiger partial charge in [-0.05, 0) is 27.7 Å². The van der Waals surface area contributed by atoms with Crippen molar-refractivity contribution in [3.05, 3.63) is 0 Å². The Labute approximate surface area is 107 Å². The van der Waals surface area contributed by atoms with E-state index < -0.39 is 11.7 Å². The lowest BCUT2D eigenvalue weighted by atomic mass is 10.2. The molecule has 0 saturated heterocycles. The number of halogens is 1. The summed E-state index contributed by atoms with van der Waals surface area (Å²) in [6, 6.07) is -0.193. The van der Waals surface area contributed by atoms with Crippen LogP contribution in [0.3, 0.4) is 0 Å². The van der Waals surface area contributed by atoms with Crippen LogP contribution in [-0.2, 0) is 9.53 Å². The third-order valence-corrected chi connectivity index (χ3v) is 2.08. The minimum Gasteiger partial charge on any atom is -0.444 e. The van der Waals surface area contributed by atoms with Crippen molar-refractivity contribution in [3.8, 4) is 0 Å². The third kappa shape index (κ3) is 7.85. The molecular formula is C11H21ClN2O3. The summed E-state index contributed by atoms with van der Waals surface area (Å²) in [7, 11) is 1.64. The van der Waals surface area contributed by atoms with E-state index in [0.29, 0.717) is 6.54 Å². The number of amides is 2. The van der Waals surface area contributed by atoms with Gasteiger partial charge in [-0.3, -0.25) is 4.79 Å². The van der Waals surface area contributed by atoms with Crippen molar-refractivity contribution in [2.75, 3.05) is 19.5 Å². The van der Waals surface area contributed by atoms with Crippen LogP contribution in [0.25, 0.3) is 0 Å². The topological polar surface area (TPSA) is 58.6 Å². The summed E-state index contributed by atoms with van der Waals surface area (Å²) in [5.74, 6) is -0.236. The Morgan fingerprint density at radius 2 is 1.94 bits per heavy atom. The van der Waals surface area contributed by atoms with Gasteiger partial charge in [-0.15, -0.1) is 11.6 Å². The Morgan fingerprint density at radius 3 is 2.35 bits per heavy atom. The standard InChI is InChI=1S/C11H21ClN2O3/c1-8(7-14(5)9(15)6-12)13-10(16)17-11(2,3)4/h8H,6-7H2,1-5H3,(H,13,16)/t8-/m1/s1. The molecule has 2 amide bonds. The highest BCUT2D eigenvalue weighted by atomic mass is 35.5. The Hall–Kier alpha value is -0.970. The van der Waals surface area contributed by atoms with Gasteiger partial charge >= 0.3 is 6.09 Å². The molecule has 0 heterocycles. The highest BCUT2D eigenvalue weighted by Gasteiger charge is 2.19. The van der Waals surface area contributed by atoms with Crippen LogP contribution in [-0.4, -0.2) is 48.0 Å². The third-order valence-electron chi connectivity index (χ3n) is 1.85. The van der Waals surface area contributed by atoms with Crippen molar-refractivity contribution in [3.63, 3.8) is 0 Å². The highest BCUT2D eigenvalue weighted by molar-refractivity contribution is 6.27. The summed E-state index contributed by atoms with van der Waals surface area (Å²) in [6.07, 6.45) is -0.489. The van der Waals surface area contributed by atoms with Crippen molar-refractivity contribution in [2.24, 2.45) is 0 Å². The monoisotopic (exact) mass is 264 g/mol. The molecule has 0 fully saturated rings. The Kier molecular flexibility index (Phi) is 6.31. The number of alkyl halides is 1. The first-order valence-corrected chi connectivity index (χ1v) is 5.98. The molecule has 0 bridgehead atoms. The lowest BCUT2D eigenvalue weighted by molar-refractivity contribution is -0.127. The molecule has 5 nitrogen and oxygen atoms in total. The number of alkyl carbamates (subject to hydrolysis) is 1. The van der Waals surface area contributed by atoms with Crippen molar-refractivity contribution in [1.82, 2.24) is 10.2 Å². The minimum absolute atomic E-state index is 0.0599. The van der Waals surface area contributed by atoms with Gasteiger partial charge in [0, 0.05) is 19.6 Å². The maximum absolute atomic E-state index is 11.4. The SMILES string of the molecule is C[C@H](CN(C)C(=O)CCl)NC(=O)OC(C)(C)C. The second kappa shape index (κ2) is 6.69. The average Bonchev–Trinajstić information content (AvgIpc) is 2.12. The number of rotatable bonds is 4. The molecule has 0 aromatic carbocycles. The number of nitrogens with zero attached hydrogens (tertiary/aromatic N) is 1. The summed E-state index contributed by atoms with van der Waals surface area (Å²) in [5.41, 5.74) is -0.526. The van der Waals surface area contributed by atoms with Gasteiger partial charge in [-0.25, -0.2) is 4.79 Å². The van der Waals surface area contributed by atoms with Crippen molar-refractivity contribution in [2.45, 2.75) is 39.3 Å². The number of carbonyl (C=O) groups is 2. The molecule has 0 aliphatic rings. The summed E-state index contributed by atoms with van der Waals surface area (Å²) >= 11 is 5.42. The lowest BCUT2D eigenvalue weighted by Crippen LogP contribution is -2.44. The highest BCUT2D eigenvalue weighted by Crippen LogP contribution is 2.06. The van der Waals surface area contributed by atoms with E-state index in [9.17, 15) is 9.59 Å². The minimum atomic E-state index is -0.526.